The molecule has 3 rings (SSSR count). The van der Waals surface area contributed by atoms with Crippen LogP contribution in [0.1, 0.15) is 17.5 Å². The molecule has 1 saturated heterocycles. The van der Waals surface area contributed by atoms with Gasteiger partial charge in [0.25, 0.3) is 0 Å². The normalized spacial score (nSPS) is 17.4. The van der Waals surface area contributed by atoms with Gasteiger partial charge in [0.2, 0.25) is 11.8 Å². The van der Waals surface area contributed by atoms with Crippen molar-refractivity contribution in [3.63, 3.8) is 0 Å². The van der Waals surface area contributed by atoms with Gasteiger partial charge in [-0.25, -0.2) is 0 Å². The van der Waals surface area contributed by atoms with Crippen LogP contribution in [0, 0.1) is 0 Å². The number of carbonyl (C=O) groups excluding carboxylic acids is 2. The predicted octanol–water partition coefficient (Wildman–Crippen LogP) is 1.64. The van der Waals surface area contributed by atoms with E-state index in [0.29, 0.717) is 26.2 Å². The quantitative estimate of drug-likeness (QED) is 0.801. The molecule has 1 fully saturated rings. The van der Waals surface area contributed by atoms with Crippen LogP contribution in [0.2, 0.25) is 0 Å². The van der Waals surface area contributed by atoms with Crippen LogP contribution in [0.15, 0.2) is 47.3 Å². The van der Waals surface area contributed by atoms with E-state index in [2.05, 4.69) is 5.32 Å². The van der Waals surface area contributed by atoms with E-state index in [1.807, 2.05) is 35.2 Å². The van der Waals surface area contributed by atoms with Crippen molar-refractivity contribution in [2.24, 2.45) is 0 Å². The lowest BCUT2D eigenvalue weighted by Gasteiger charge is -2.35. The molecule has 2 amide bonds. The number of furan rings is 1. The van der Waals surface area contributed by atoms with Crippen molar-refractivity contribution in [2.45, 2.75) is 25.6 Å². The van der Waals surface area contributed by atoms with Gasteiger partial charge in [0.1, 0.15) is 5.75 Å². The Morgan fingerprint density at radius 1 is 1.37 bits per heavy atom. The minimum atomic E-state index is -0.485. The van der Waals surface area contributed by atoms with Crippen molar-refractivity contribution < 1.29 is 18.7 Å². The monoisotopic (exact) mass is 371 g/mol. The van der Waals surface area contributed by atoms with Crippen LogP contribution < -0.4 is 10.1 Å². The van der Waals surface area contributed by atoms with E-state index in [1.165, 1.54) is 0 Å². The second kappa shape index (κ2) is 8.73. The van der Waals surface area contributed by atoms with E-state index in [9.17, 15) is 9.59 Å². The molecule has 7 heteroatoms. The van der Waals surface area contributed by atoms with E-state index in [-0.39, 0.29) is 18.2 Å². The number of amides is 2. The highest BCUT2D eigenvalue weighted by atomic mass is 16.5. The Hall–Kier alpha value is -2.80. The molecule has 1 N–H and O–H groups in total. The molecule has 1 aromatic heterocycles. The second-order valence-electron chi connectivity index (χ2n) is 6.67. The fraction of sp³-hybridized carbons (Fsp3) is 0.400. The molecule has 7 nitrogen and oxygen atoms in total. The van der Waals surface area contributed by atoms with Crippen LogP contribution in [-0.4, -0.2) is 54.9 Å². The number of para-hydroxylation sites is 1. The Bertz CT molecular complexity index is 775. The minimum Gasteiger partial charge on any atom is -0.496 e. The van der Waals surface area contributed by atoms with E-state index in [0.717, 1.165) is 16.9 Å². The van der Waals surface area contributed by atoms with Gasteiger partial charge in [-0.1, -0.05) is 18.2 Å². The first-order valence-electron chi connectivity index (χ1n) is 8.97. The van der Waals surface area contributed by atoms with Crippen LogP contribution in [-0.2, 0) is 22.7 Å². The lowest BCUT2D eigenvalue weighted by molar-refractivity contribution is -0.138. The molecule has 2 heterocycles. The summed E-state index contributed by atoms with van der Waals surface area (Å²) in [5, 5.41) is 2.86. The maximum Gasteiger partial charge on any atom is 0.237 e. The Balaban J connectivity index is 1.65. The van der Waals surface area contributed by atoms with Gasteiger partial charge in [0.15, 0.2) is 0 Å². The number of piperazine rings is 1. The number of benzene rings is 1. The van der Waals surface area contributed by atoms with Gasteiger partial charge < -0.3 is 19.4 Å². The van der Waals surface area contributed by atoms with Crippen LogP contribution >= 0.6 is 0 Å². The lowest BCUT2D eigenvalue weighted by atomic mass is 10.1. The minimum absolute atomic E-state index is 0.0832. The number of rotatable bonds is 7. The standard InChI is InChI=1S/C20H25N3O4/c1-22(13-16-5-3-4-6-18(16)26-2)19(24)11-17-20(25)21-8-9-23(17)12-15-7-10-27-14-15/h3-7,10,14,17H,8-9,11-13H2,1-2H3,(H,21,25)/t17-/m1/s1. The Morgan fingerprint density at radius 2 is 2.19 bits per heavy atom. The molecule has 0 unspecified atom stereocenters. The summed E-state index contributed by atoms with van der Waals surface area (Å²) in [6.45, 7) is 2.29. The number of hydrogen-bond donors (Lipinski definition) is 1. The summed E-state index contributed by atoms with van der Waals surface area (Å²) in [7, 11) is 3.36. The summed E-state index contributed by atoms with van der Waals surface area (Å²) in [6, 6.07) is 9.00. The number of ether oxygens (including phenoxy) is 1. The van der Waals surface area contributed by atoms with Gasteiger partial charge in [0, 0.05) is 44.4 Å². The molecular weight excluding hydrogens is 346 g/mol. The topological polar surface area (TPSA) is 75.0 Å². The number of carbonyl (C=O) groups is 2. The fourth-order valence-corrected chi connectivity index (χ4v) is 3.29. The third-order valence-corrected chi connectivity index (χ3v) is 4.80. The average molecular weight is 371 g/mol. The summed E-state index contributed by atoms with van der Waals surface area (Å²) in [5.41, 5.74) is 1.92. The first kappa shape index (κ1) is 19.0. The maximum absolute atomic E-state index is 12.8. The summed E-state index contributed by atoms with van der Waals surface area (Å²) >= 11 is 0. The SMILES string of the molecule is COc1ccccc1CN(C)C(=O)C[C@@H]1C(=O)NCCN1Cc1ccoc1. The molecule has 1 aliphatic rings. The summed E-state index contributed by atoms with van der Waals surface area (Å²) in [4.78, 5) is 28.8. The fourth-order valence-electron chi connectivity index (χ4n) is 3.29. The van der Waals surface area contributed by atoms with Gasteiger partial charge in [0.05, 0.1) is 32.1 Å². The van der Waals surface area contributed by atoms with Gasteiger partial charge in [-0.15, -0.1) is 0 Å². The van der Waals surface area contributed by atoms with Crippen molar-refractivity contribution in [1.29, 1.82) is 0 Å². The van der Waals surface area contributed by atoms with Gasteiger partial charge in [-0.05, 0) is 12.1 Å². The third kappa shape index (κ3) is 4.68. The van der Waals surface area contributed by atoms with Crippen LogP contribution in [0.3, 0.4) is 0 Å². The van der Waals surface area contributed by atoms with Gasteiger partial charge in [-0.2, -0.15) is 0 Å². The van der Waals surface area contributed by atoms with Crippen molar-refractivity contribution in [2.75, 3.05) is 27.2 Å². The molecule has 1 aliphatic heterocycles. The molecule has 1 atom stereocenters. The summed E-state index contributed by atoms with van der Waals surface area (Å²) in [5.74, 6) is 0.554. The number of methoxy groups -OCH3 is 1. The number of hydrogen-bond acceptors (Lipinski definition) is 5. The Kier molecular flexibility index (Phi) is 6.13. The zero-order valence-corrected chi connectivity index (χ0v) is 15.7. The highest BCUT2D eigenvalue weighted by Gasteiger charge is 2.32. The van der Waals surface area contributed by atoms with Crippen molar-refractivity contribution in [1.82, 2.24) is 15.1 Å². The zero-order chi connectivity index (χ0) is 19.2. The second-order valence-corrected chi connectivity index (χ2v) is 6.67. The summed E-state index contributed by atoms with van der Waals surface area (Å²) < 4.78 is 10.5. The summed E-state index contributed by atoms with van der Waals surface area (Å²) in [6.07, 6.45) is 3.41. The molecule has 2 aromatic rings. The van der Waals surface area contributed by atoms with Crippen LogP contribution in [0.4, 0.5) is 0 Å². The van der Waals surface area contributed by atoms with Crippen molar-refractivity contribution in [3.05, 3.63) is 54.0 Å². The van der Waals surface area contributed by atoms with Crippen molar-refractivity contribution in [3.8, 4) is 5.75 Å². The molecule has 144 valence electrons. The average Bonchev–Trinajstić information content (AvgIpc) is 3.18. The first-order valence-corrected chi connectivity index (χ1v) is 8.97. The molecule has 0 radical (unpaired) electrons. The molecule has 0 spiro atoms. The van der Waals surface area contributed by atoms with Crippen LogP contribution in [0.5, 0.6) is 5.75 Å². The van der Waals surface area contributed by atoms with E-state index in [4.69, 9.17) is 9.15 Å². The highest BCUT2D eigenvalue weighted by Crippen LogP contribution is 2.20. The van der Waals surface area contributed by atoms with Crippen LogP contribution in [0.25, 0.3) is 0 Å². The molecular formula is C20H25N3O4. The number of nitrogens with one attached hydrogen (secondary N) is 1. The van der Waals surface area contributed by atoms with Gasteiger partial charge >= 0.3 is 0 Å². The Labute approximate surface area is 158 Å². The molecule has 27 heavy (non-hydrogen) atoms. The molecule has 1 aromatic carbocycles. The molecule has 0 bridgehead atoms. The highest BCUT2D eigenvalue weighted by molar-refractivity contribution is 5.88. The van der Waals surface area contributed by atoms with Crippen molar-refractivity contribution >= 4 is 11.8 Å². The van der Waals surface area contributed by atoms with Gasteiger partial charge in [-0.3, -0.25) is 14.5 Å². The Morgan fingerprint density at radius 3 is 2.93 bits per heavy atom. The smallest absolute Gasteiger partial charge is 0.237 e. The number of nitrogens with zero attached hydrogens (tertiary/aromatic N) is 2. The molecule has 0 saturated carbocycles. The molecule has 0 aliphatic carbocycles. The van der Waals surface area contributed by atoms with E-state index < -0.39 is 6.04 Å². The third-order valence-electron chi connectivity index (χ3n) is 4.80. The predicted molar refractivity (Wildman–Crippen MR) is 100 cm³/mol. The zero-order valence-electron chi connectivity index (χ0n) is 15.7. The lowest BCUT2D eigenvalue weighted by Crippen LogP contribution is -2.56. The maximum atomic E-state index is 12.8. The van der Waals surface area contributed by atoms with E-state index in [1.54, 1.807) is 31.6 Å². The largest absolute Gasteiger partial charge is 0.496 e. The first-order chi connectivity index (χ1) is 13.1. The van der Waals surface area contributed by atoms with E-state index >= 15 is 0 Å².